The van der Waals surface area contributed by atoms with Gasteiger partial charge in [-0.2, -0.15) is 0 Å². The summed E-state index contributed by atoms with van der Waals surface area (Å²) in [6, 6.07) is 5.94. The Bertz CT molecular complexity index is 1050. The number of halogens is 1. The lowest BCUT2D eigenvalue weighted by molar-refractivity contribution is -0.230. The van der Waals surface area contributed by atoms with E-state index in [1.807, 2.05) is 0 Å². The van der Waals surface area contributed by atoms with E-state index in [4.69, 9.17) is 31.2 Å². The van der Waals surface area contributed by atoms with Crippen LogP contribution in [0.2, 0.25) is 0 Å². The predicted molar refractivity (Wildman–Crippen MR) is 122 cm³/mol. The van der Waals surface area contributed by atoms with Crippen LogP contribution in [0.4, 0.5) is 4.39 Å². The van der Waals surface area contributed by atoms with Crippen molar-refractivity contribution >= 4 is 58.2 Å². The topological polar surface area (TPSA) is 108 Å². The van der Waals surface area contributed by atoms with E-state index in [2.05, 4.69) is 0 Å². The van der Waals surface area contributed by atoms with Crippen molar-refractivity contribution < 1.29 is 42.5 Å². The maximum atomic E-state index is 14.1. The van der Waals surface area contributed by atoms with Gasteiger partial charge in [0.15, 0.2) is 16.7 Å². The van der Waals surface area contributed by atoms with Crippen molar-refractivity contribution in [3.63, 3.8) is 0 Å². The molecule has 0 saturated carbocycles. The molecule has 182 valence electrons. The molecular weight excluding hydrogens is 489 g/mol. The molecule has 0 aliphatic carbocycles. The van der Waals surface area contributed by atoms with Gasteiger partial charge in [-0.15, -0.1) is 0 Å². The standard InChI is InChI=1S/C22H22FNO8S2/c1-11(25)29-10-18-16(30-12(2)26)9-17(31-13(3)27)21(32-18)24-20(28)19(34-22(24)33)8-14-6-4-5-7-15(14)23/h4-8,16-18,21H,9-10H2,1-3H3/b19-8+/t16-,17+,18+,21+/m0/s1. The molecule has 9 nitrogen and oxygen atoms in total. The number of hydrogen-bond donors (Lipinski definition) is 0. The van der Waals surface area contributed by atoms with Crippen molar-refractivity contribution in [3.05, 3.63) is 40.6 Å². The van der Waals surface area contributed by atoms with Crippen LogP contribution in [-0.2, 0) is 38.1 Å². The van der Waals surface area contributed by atoms with Crippen LogP contribution in [0.25, 0.3) is 6.08 Å². The van der Waals surface area contributed by atoms with Crippen LogP contribution >= 0.6 is 24.0 Å². The summed E-state index contributed by atoms with van der Waals surface area (Å²) in [5, 5.41) is 0. The second-order valence-electron chi connectivity index (χ2n) is 7.47. The zero-order valence-electron chi connectivity index (χ0n) is 18.5. The zero-order valence-corrected chi connectivity index (χ0v) is 20.2. The Hall–Kier alpha value is -2.83. The number of rotatable bonds is 6. The van der Waals surface area contributed by atoms with Gasteiger partial charge >= 0.3 is 17.9 Å². The van der Waals surface area contributed by atoms with E-state index in [1.165, 1.54) is 45.0 Å². The highest BCUT2D eigenvalue weighted by molar-refractivity contribution is 8.26. The Morgan fingerprint density at radius 1 is 1.15 bits per heavy atom. The van der Waals surface area contributed by atoms with Crippen LogP contribution in [0, 0.1) is 5.82 Å². The largest absolute Gasteiger partial charge is 0.463 e. The molecule has 2 heterocycles. The lowest BCUT2D eigenvalue weighted by atomic mass is 10.0. The smallest absolute Gasteiger partial charge is 0.303 e. The molecule has 0 unspecified atom stereocenters. The lowest BCUT2D eigenvalue weighted by Crippen LogP contribution is -2.59. The molecule has 0 spiro atoms. The summed E-state index contributed by atoms with van der Waals surface area (Å²) in [5.41, 5.74) is 0.201. The van der Waals surface area contributed by atoms with Gasteiger partial charge in [-0.3, -0.25) is 24.1 Å². The zero-order chi connectivity index (χ0) is 25.0. The summed E-state index contributed by atoms with van der Waals surface area (Å²) in [7, 11) is 0. The number of thiocarbonyl (C=S) groups is 1. The second-order valence-corrected chi connectivity index (χ2v) is 9.15. The quantitative estimate of drug-likeness (QED) is 0.245. The molecule has 3 rings (SSSR count). The van der Waals surface area contributed by atoms with Crippen LogP contribution in [0.1, 0.15) is 32.8 Å². The van der Waals surface area contributed by atoms with E-state index in [0.717, 1.165) is 16.7 Å². The molecule has 2 aliphatic rings. The number of ether oxygens (including phenoxy) is 4. The normalized spacial score (nSPS) is 25.9. The van der Waals surface area contributed by atoms with E-state index in [1.54, 1.807) is 6.07 Å². The monoisotopic (exact) mass is 511 g/mol. The molecule has 2 fully saturated rings. The van der Waals surface area contributed by atoms with Crippen molar-refractivity contribution in [2.75, 3.05) is 6.61 Å². The third-order valence-electron chi connectivity index (χ3n) is 4.87. The Kier molecular flexibility index (Phi) is 8.39. The molecule has 1 aromatic carbocycles. The third kappa shape index (κ3) is 6.19. The molecule has 0 radical (unpaired) electrons. The molecule has 34 heavy (non-hydrogen) atoms. The van der Waals surface area contributed by atoms with Crippen molar-refractivity contribution in [2.45, 2.75) is 51.7 Å². The summed E-state index contributed by atoms with van der Waals surface area (Å²) < 4.78 is 35.9. The summed E-state index contributed by atoms with van der Waals surface area (Å²) in [6.07, 6.45) is -2.74. The Balaban J connectivity index is 1.91. The van der Waals surface area contributed by atoms with Gasteiger partial charge in [0.05, 0.1) is 4.91 Å². The van der Waals surface area contributed by atoms with Crippen LogP contribution in [0.3, 0.4) is 0 Å². The van der Waals surface area contributed by atoms with Gasteiger partial charge in [0.2, 0.25) is 0 Å². The fraction of sp³-hybridized carbons (Fsp3) is 0.409. The molecule has 12 heteroatoms. The van der Waals surface area contributed by atoms with Gasteiger partial charge in [-0.25, -0.2) is 4.39 Å². The fourth-order valence-corrected chi connectivity index (χ4v) is 4.81. The fourth-order valence-electron chi connectivity index (χ4n) is 3.51. The van der Waals surface area contributed by atoms with E-state index >= 15 is 0 Å². The van der Waals surface area contributed by atoms with E-state index in [0.29, 0.717) is 0 Å². The lowest BCUT2D eigenvalue weighted by Gasteiger charge is -2.42. The Morgan fingerprint density at radius 2 is 1.79 bits per heavy atom. The van der Waals surface area contributed by atoms with Crippen molar-refractivity contribution in [3.8, 4) is 0 Å². The number of esters is 3. The Morgan fingerprint density at radius 3 is 2.41 bits per heavy atom. The van der Waals surface area contributed by atoms with Crippen LogP contribution in [-0.4, -0.2) is 64.2 Å². The highest BCUT2D eigenvalue weighted by Crippen LogP contribution is 2.38. The van der Waals surface area contributed by atoms with Gasteiger partial charge in [-0.05, 0) is 12.1 Å². The molecule has 1 aromatic rings. The summed E-state index contributed by atoms with van der Waals surface area (Å²) in [5.74, 6) is -2.92. The average Bonchev–Trinajstić information content (AvgIpc) is 3.01. The van der Waals surface area contributed by atoms with Crippen LogP contribution in [0.5, 0.6) is 0 Å². The number of benzene rings is 1. The van der Waals surface area contributed by atoms with E-state index < -0.39 is 54.2 Å². The minimum atomic E-state index is -1.18. The number of carbonyl (C=O) groups is 4. The second kappa shape index (κ2) is 11.1. The van der Waals surface area contributed by atoms with Crippen molar-refractivity contribution in [1.82, 2.24) is 4.90 Å². The summed E-state index contributed by atoms with van der Waals surface area (Å²) >= 11 is 6.32. The SMILES string of the molecule is CC(=O)OC[C@H]1O[C@@H](N2C(=O)/C(=C\c3ccccc3F)SC2=S)[C@H](OC(C)=O)C[C@@H]1OC(C)=O. The first-order valence-electron chi connectivity index (χ1n) is 10.2. The first kappa shape index (κ1) is 25.8. The molecule has 4 atom stereocenters. The molecular formula is C22H22FNO8S2. The van der Waals surface area contributed by atoms with E-state index in [9.17, 15) is 23.6 Å². The number of nitrogens with zero attached hydrogens (tertiary/aromatic N) is 1. The predicted octanol–water partition coefficient (Wildman–Crippen LogP) is 2.57. The highest BCUT2D eigenvalue weighted by atomic mass is 32.2. The number of hydrogen-bond acceptors (Lipinski definition) is 10. The van der Waals surface area contributed by atoms with Crippen molar-refractivity contribution in [1.29, 1.82) is 0 Å². The van der Waals surface area contributed by atoms with Gasteiger partial charge in [0.1, 0.15) is 24.6 Å². The highest BCUT2D eigenvalue weighted by Gasteiger charge is 2.49. The van der Waals surface area contributed by atoms with Crippen LogP contribution < -0.4 is 0 Å². The third-order valence-corrected chi connectivity index (χ3v) is 6.20. The number of thioether (sulfide) groups is 1. The van der Waals surface area contributed by atoms with Crippen molar-refractivity contribution in [2.24, 2.45) is 0 Å². The summed E-state index contributed by atoms with van der Waals surface area (Å²) in [4.78, 5) is 49.2. The minimum Gasteiger partial charge on any atom is -0.463 e. The molecule has 0 aromatic heterocycles. The number of carbonyl (C=O) groups excluding carboxylic acids is 4. The Labute approximate surface area is 204 Å². The first-order chi connectivity index (χ1) is 16.1. The van der Waals surface area contributed by atoms with Gasteiger partial charge < -0.3 is 18.9 Å². The maximum absolute atomic E-state index is 14.1. The number of amides is 1. The van der Waals surface area contributed by atoms with Crippen LogP contribution in [0.15, 0.2) is 29.2 Å². The molecule has 2 saturated heterocycles. The van der Waals surface area contributed by atoms with Gasteiger partial charge in [0.25, 0.3) is 5.91 Å². The first-order valence-corrected chi connectivity index (χ1v) is 11.4. The van der Waals surface area contributed by atoms with Gasteiger partial charge in [-0.1, -0.05) is 42.2 Å². The summed E-state index contributed by atoms with van der Waals surface area (Å²) in [6.45, 7) is 3.32. The molecule has 0 N–H and O–H groups in total. The van der Waals surface area contributed by atoms with Gasteiger partial charge in [0, 0.05) is 32.8 Å². The molecule has 1 amide bonds. The maximum Gasteiger partial charge on any atom is 0.303 e. The minimum absolute atomic E-state index is 0.0286. The molecule has 0 bridgehead atoms. The molecule has 2 aliphatic heterocycles. The van der Waals surface area contributed by atoms with E-state index in [-0.39, 0.29) is 27.8 Å². The average molecular weight is 512 g/mol.